The smallest absolute Gasteiger partial charge is 0.0142 e. The van der Waals surface area contributed by atoms with E-state index >= 15 is 0 Å². The summed E-state index contributed by atoms with van der Waals surface area (Å²) in [5.74, 6) is 0.599. The van der Waals surface area contributed by atoms with Crippen LogP contribution < -0.4 is 5.32 Å². The fraction of sp³-hybridized carbons (Fsp3) is 0.368. The van der Waals surface area contributed by atoms with E-state index < -0.39 is 0 Å². The maximum absolute atomic E-state index is 3.37. The number of hydrogen-bond acceptors (Lipinski definition) is 2. The van der Waals surface area contributed by atoms with Crippen molar-refractivity contribution in [3.63, 3.8) is 0 Å². The molecule has 0 radical (unpaired) electrons. The number of thioether (sulfide) groups is 1. The Morgan fingerprint density at radius 2 is 1.90 bits per heavy atom. The van der Waals surface area contributed by atoms with Crippen molar-refractivity contribution < 1.29 is 0 Å². The molecule has 110 valence electrons. The van der Waals surface area contributed by atoms with Gasteiger partial charge in [0.1, 0.15) is 0 Å². The van der Waals surface area contributed by atoms with Crippen LogP contribution in [0.4, 0.5) is 0 Å². The summed E-state index contributed by atoms with van der Waals surface area (Å²) in [6, 6.07) is 17.9. The van der Waals surface area contributed by atoms with Crippen molar-refractivity contribution in [2.45, 2.75) is 35.8 Å². The highest BCUT2D eigenvalue weighted by atomic mass is 32.2. The molecular formula is C19H23NS. The standard InChI is InChI=1S/C19H23NS/c1-14-7-9-15(10-8-14)17(13-20-2)12-18-11-16-5-3-4-6-19(16)21-18/h3-10,17-18,20H,11-13H2,1-2H3. The molecule has 1 aliphatic rings. The van der Waals surface area contributed by atoms with Gasteiger partial charge in [0.05, 0.1) is 0 Å². The quantitative estimate of drug-likeness (QED) is 0.877. The highest BCUT2D eigenvalue weighted by Gasteiger charge is 2.25. The van der Waals surface area contributed by atoms with Gasteiger partial charge in [0.25, 0.3) is 0 Å². The fourth-order valence-corrected chi connectivity index (χ4v) is 4.54. The Morgan fingerprint density at radius 3 is 2.62 bits per heavy atom. The van der Waals surface area contributed by atoms with E-state index in [0.29, 0.717) is 11.2 Å². The highest BCUT2D eigenvalue weighted by molar-refractivity contribution is 8.00. The molecule has 1 N–H and O–H groups in total. The van der Waals surface area contributed by atoms with Crippen LogP contribution >= 0.6 is 11.8 Å². The molecule has 2 atom stereocenters. The van der Waals surface area contributed by atoms with Gasteiger partial charge in [0.15, 0.2) is 0 Å². The summed E-state index contributed by atoms with van der Waals surface area (Å²) < 4.78 is 0. The minimum atomic E-state index is 0.599. The normalized spacial score (nSPS) is 18.5. The first kappa shape index (κ1) is 14.7. The molecule has 1 nitrogen and oxygen atoms in total. The van der Waals surface area contributed by atoms with Crippen LogP contribution in [0.25, 0.3) is 0 Å². The van der Waals surface area contributed by atoms with E-state index in [0.717, 1.165) is 6.54 Å². The van der Waals surface area contributed by atoms with E-state index in [9.17, 15) is 0 Å². The van der Waals surface area contributed by atoms with Gasteiger partial charge < -0.3 is 5.32 Å². The molecule has 0 saturated carbocycles. The number of likely N-dealkylation sites (N-methyl/N-ethyl adjacent to an activating group) is 1. The zero-order valence-corrected chi connectivity index (χ0v) is 13.6. The molecule has 0 spiro atoms. The number of nitrogens with one attached hydrogen (secondary N) is 1. The molecule has 0 bridgehead atoms. The van der Waals surface area contributed by atoms with E-state index in [1.54, 1.807) is 0 Å². The van der Waals surface area contributed by atoms with Crippen LogP contribution in [0.2, 0.25) is 0 Å². The summed E-state index contributed by atoms with van der Waals surface area (Å²) in [5, 5.41) is 4.08. The van der Waals surface area contributed by atoms with Crippen LogP contribution in [0, 0.1) is 6.92 Å². The van der Waals surface area contributed by atoms with Crippen molar-refractivity contribution in [1.29, 1.82) is 0 Å². The predicted molar refractivity (Wildman–Crippen MR) is 92.3 cm³/mol. The van der Waals surface area contributed by atoms with Crippen molar-refractivity contribution in [2.24, 2.45) is 0 Å². The van der Waals surface area contributed by atoms with Crippen molar-refractivity contribution in [3.05, 3.63) is 65.2 Å². The molecule has 1 heterocycles. The third kappa shape index (κ3) is 3.50. The molecule has 2 aromatic carbocycles. The molecule has 0 aliphatic carbocycles. The summed E-state index contributed by atoms with van der Waals surface area (Å²) in [7, 11) is 2.05. The zero-order valence-electron chi connectivity index (χ0n) is 12.8. The molecule has 0 saturated heterocycles. The van der Waals surface area contributed by atoms with Gasteiger partial charge in [-0.1, -0.05) is 48.0 Å². The molecule has 0 fully saturated rings. The summed E-state index contributed by atoms with van der Waals surface area (Å²) in [6.07, 6.45) is 2.45. The maximum Gasteiger partial charge on any atom is 0.0142 e. The molecule has 3 rings (SSSR count). The van der Waals surface area contributed by atoms with Gasteiger partial charge in [-0.3, -0.25) is 0 Å². The molecule has 0 amide bonds. The van der Waals surface area contributed by atoms with Crippen molar-refractivity contribution >= 4 is 11.8 Å². The van der Waals surface area contributed by atoms with E-state index in [1.807, 2.05) is 0 Å². The number of benzene rings is 2. The van der Waals surface area contributed by atoms with Crippen LogP contribution in [0.1, 0.15) is 29.0 Å². The summed E-state index contributed by atoms with van der Waals surface area (Å²) in [6.45, 7) is 3.21. The third-order valence-corrected chi connectivity index (χ3v) is 5.61. The fourth-order valence-electron chi connectivity index (χ4n) is 3.13. The summed E-state index contributed by atoms with van der Waals surface area (Å²) in [5.41, 5.74) is 4.33. The first-order valence-corrected chi connectivity index (χ1v) is 8.60. The Bertz CT molecular complexity index is 566. The van der Waals surface area contributed by atoms with Crippen molar-refractivity contribution in [3.8, 4) is 0 Å². The Hall–Kier alpha value is -1.25. The van der Waals surface area contributed by atoms with Gasteiger partial charge in [-0.25, -0.2) is 0 Å². The van der Waals surface area contributed by atoms with Crippen molar-refractivity contribution in [2.75, 3.05) is 13.6 Å². The molecule has 21 heavy (non-hydrogen) atoms. The zero-order chi connectivity index (χ0) is 14.7. The van der Waals surface area contributed by atoms with Gasteiger partial charge in [-0.05, 0) is 49.9 Å². The molecule has 0 aromatic heterocycles. The summed E-state index contributed by atoms with van der Waals surface area (Å²) in [4.78, 5) is 1.48. The van der Waals surface area contributed by atoms with Crippen molar-refractivity contribution in [1.82, 2.24) is 5.32 Å². The van der Waals surface area contributed by atoms with Crippen LogP contribution in [0.15, 0.2) is 53.4 Å². The lowest BCUT2D eigenvalue weighted by Crippen LogP contribution is -2.20. The maximum atomic E-state index is 3.37. The molecule has 1 aliphatic heterocycles. The molecule has 2 heteroatoms. The van der Waals surface area contributed by atoms with Gasteiger partial charge in [0, 0.05) is 16.7 Å². The molecule has 2 aromatic rings. The minimum Gasteiger partial charge on any atom is -0.319 e. The van der Waals surface area contributed by atoms with Crippen LogP contribution in [-0.4, -0.2) is 18.8 Å². The van der Waals surface area contributed by atoms with Gasteiger partial charge in [-0.15, -0.1) is 11.8 Å². The highest BCUT2D eigenvalue weighted by Crippen LogP contribution is 2.41. The van der Waals surface area contributed by atoms with Gasteiger partial charge in [-0.2, -0.15) is 0 Å². The topological polar surface area (TPSA) is 12.0 Å². The predicted octanol–water partition coefficient (Wildman–Crippen LogP) is 4.41. The average molecular weight is 297 g/mol. The average Bonchev–Trinajstić information content (AvgIpc) is 2.90. The van der Waals surface area contributed by atoms with E-state index in [-0.39, 0.29) is 0 Å². The van der Waals surface area contributed by atoms with E-state index in [2.05, 4.69) is 79.6 Å². The largest absolute Gasteiger partial charge is 0.319 e. The number of rotatable bonds is 5. The Kier molecular flexibility index (Phi) is 4.67. The SMILES string of the molecule is CNCC(CC1Cc2ccccc2S1)c1ccc(C)cc1. The first-order chi connectivity index (χ1) is 10.3. The molecule has 2 unspecified atom stereocenters. The molecular weight excluding hydrogens is 274 g/mol. The van der Waals surface area contributed by atoms with Gasteiger partial charge in [0.2, 0.25) is 0 Å². The Balaban J connectivity index is 1.70. The van der Waals surface area contributed by atoms with Crippen LogP contribution in [0.5, 0.6) is 0 Å². The Morgan fingerprint density at radius 1 is 1.14 bits per heavy atom. The lowest BCUT2D eigenvalue weighted by molar-refractivity contribution is 0.571. The van der Waals surface area contributed by atoms with E-state index in [4.69, 9.17) is 0 Å². The second-order valence-electron chi connectivity index (χ2n) is 5.95. The minimum absolute atomic E-state index is 0.599. The lowest BCUT2D eigenvalue weighted by Gasteiger charge is -2.20. The van der Waals surface area contributed by atoms with Crippen LogP contribution in [-0.2, 0) is 6.42 Å². The second-order valence-corrected chi connectivity index (χ2v) is 7.29. The lowest BCUT2D eigenvalue weighted by atomic mass is 9.92. The van der Waals surface area contributed by atoms with Crippen LogP contribution in [0.3, 0.4) is 0 Å². The Labute approximate surface area is 132 Å². The summed E-state index contributed by atoms with van der Waals surface area (Å²) >= 11 is 2.06. The second kappa shape index (κ2) is 6.67. The number of aryl methyl sites for hydroxylation is 1. The third-order valence-electron chi connectivity index (χ3n) is 4.26. The van der Waals surface area contributed by atoms with E-state index in [1.165, 1.54) is 34.4 Å². The van der Waals surface area contributed by atoms with Gasteiger partial charge >= 0.3 is 0 Å². The first-order valence-electron chi connectivity index (χ1n) is 7.72. The number of fused-ring (bicyclic) bond motifs is 1. The number of hydrogen-bond donors (Lipinski definition) is 1. The monoisotopic (exact) mass is 297 g/mol.